The van der Waals surface area contributed by atoms with Gasteiger partial charge in [-0.2, -0.15) is 0 Å². The SMILES string of the molecule is C=C1CC(C)(C)[C@H](O[Si](C)(C)C(C)(C)C)[C@H]1CC(=O)c1ccccc1. The van der Waals surface area contributed by atoms with Crippen LogP contribution >= 0.6 is 0 Å². The van der Waals surface area contributed by atoms with Crippen molar-refractivity contribution in [2.45, 2.75) is 71.7 Å². The summed E-state index contributed by atoms with van der Waals surface area (Å²) >= 11 is 0. The van der Waals surface area contributed by atoms with Crippen molar-refractivity contribution < 1.29 is 9.22 Å². The molecule has 0 bridgehead atoms. The molecule has 3 heteroatoms. The third-order valence-corrected chi connectivity index (χ3v) is 10.5. The van der Waals surface area contributed by atoms with Gasteiger partial charge >= 0.3 is 0 Å². The minimum atomic E-state index is -1.91. The van der Waals surface area contributed by atoms with Crippen LogP contribution in [0.4, 0.5) is 0 Å². The van der Waals surface area contributed by atoms with E-state index in [0.717, 1.165) is 17.6 Å². The Morgan fingerprint density at radius 1 is 1.24 bits per heavy atom. The van der Waals surface area contributed by atoms with Gasteiger partial charge in [-0.05, 0) is 30.0 Å². The van der Waals surface area contributed by atoms with E-state index in [0.29, 0.717) is 6.42 Å². The first-order valence-electron chi connectivity index (χ1n) is 9.29. The van der Waals surface area contributed by atoms with E-state index in [4.69, 9.17) is 4.43 Å². The highest BCUT2D eigenvalue weighted by atomic mass is 28.4. The van der Waals surface area contributed by atoms with Crippen LogP contribution in [-0.4, -0.2) is 20.2 Å². The quantitative estimate of drug-likeness (QED) is 0.353. The van der Waals surface area contributed by atoms with E-state index in [1.165, 1.54) is 0 Å². The van der Waals surface area contributed by atoms with Crippen molar-refractivity contribution in [2.24, 2.45) is 11.3 Å². The molecule has 138 valence electrons. The van der Waals surface area contributed by atoms with Crippen molar-refractivity contribution in [1.82, 2.24) is 0 Å². The molecule has 0 aromatic heterocycles. The Bertz CT molecular complexity index is 638. The van der Waals surface area contributed by atoms with Crippen LogP contribution in [0.1, 0.15) is 57.8 Å². The van der Waals surface area contributed by atoms with E-state index in [1.54, 1.807) is 0 Å². The molecule has 1 aliphatic rings. The summed E-state index contributed by atoms with van der Waals surface area (Å²) in [7, 11) is -1.91. The van der Waals surface area contributed by atoms with Crippen LogP contribution in [-0.2, 0) is 4.43 Å². The average molecular weight is 359 g/mol. The lowest BCUT2D eigenvalue weighted by molar-refractivity contribution is 0.0530. The summed E-state index contributed by atoms with van der Waals surface area (Å²) in [6, 6.07) is 9.58. The molecule has 25 heavy (non-hydrogen) atoms. The van der Waals surface area contributed by atoms with Crippen molar-refractivity contribution in [1.29, 1.82) is 0 Å². The Balaban J connectivity index is 2.25. The third-order valence-electron chi connectivity index (χ3n) is 6.07. The van der Waals surface area contributed by atoms with Gasteiger partial charge < -0.3 is 4.43 Å². The maximum absolute atomic E-state index is 12.8. The standard InChI is InChI=1S/C22H34O2Si/c1-16-15-22(5,6)20(24-25(7,8)21(2,3)4)18(16)14-19(23)17-12-10-9-11-13-17/h9-13,18,20H,1,14-15H2,2-8H3/t18-,20+/m0/s1. The first-order valence-corrected chi connectivity index (χ1v) is 12.2. The Hall–Kier alpha value is -1.19. The van der Waals surface area contributed by atoms with Crippen molar-refractivity contribution in [2.75, 3.05) is 0 Å². The third kappa shape index (κ3) is 4.32. The highest BCUT2D eigenvalue weighted by molar-refractivity contribution is 6.74. The molecule has 1 aromatic carbocycles. The molecule has 0 unspecified atom stereocenters. The van der Waals surface area contributed by atoms with Crippen molar-refractivity contribution in [3.63, 3.8) is 0 Å². The zero-order chi connectivity index (χ0) is 19.0. The van der Waals surface area contributed by atoms with Gasteiger partial charge in [-0.1, -0.05) is 77.1 Å². The number of Topliss-reactive ketones (excluding diaryl/α,β-unsaturated/α-hetero) is 1. The number of carbonyl (C=O) groups is 1. The molecule has 2 rings (SSSR count). The lowest BCUT2D eigenvalue weighted by Crippen LogP contribution is -2.48. The van der Waals surface area contributed by atoms with E-state index in [9.17, 15) is 4.79 Å². The second-order valence-electron chi connectivity index (χ2n) is 9.72. The summed E-state index contributed by atoms with van der Waals surface area (Å²) in [4.78, 5) is 12.8. The molecule has 0 aliphatic heterocycles. The number of hydrogen-bond donors (Lipinski definition) is 0. The summed E-state index contributed by atoms with van der Waals surface area (Å²) in [5.41, 5.74) is 1.97. The molecule has 0 amide bonds. The molecular formula is C22H34O2Si. The second kappa shape index (κ2) is 6.84. The lowest BCUT2D eigenvalue weighted by Gasteiger charge is -2.43. The van der Waals surface area contributed by atoms with Crippen LogP contribution < -0.4 is 0 Å². The van der Waals surface area contributed by atoms with Gasteiger partial charge in [0, 0.05) is 17.9 Å². The van der Waals surface area contributed by atoms with E-state index in [1.807, 2.05) is 30.3 Å². The van der Waals surface area contributed by atoms with E-state index >= 15 is 0 Å². The van der Waals surface area contributed by atoms with Gasteiger partial charge in [0.25, 0.3) is 0 Å². The molecule has 0 saturated heterocycles. The predicted molar refractivity (Wildman–Crippen MR) is 108 cm³/mol. The monoisotopic (exact) mass is 358 g/mol. The number of rotatable bonds is 5. The molecule has 0 radical (unpaired) electrons. The zero-order valence-electron chi connectivity index (χ0n) is 17.0. The summed E-state index contributed by atoms with van der Waals surface area (Å²) in [5, 5.41) is 0.154. The van der Waals surface area contributed by atoms with Crippen LogP contribution in [0.25, 0.3) is 0 Å². The minimum Gasteiger partial charge on any atom is -0.413 e. The van der Waals surface area contributed by atoms with Crippen LogP contribution in [0.15, 0.2) is 42.5 Å². The first-order chi connectivity index (χ1) is 11.3. The van der Waals surface area contributed by atoms with Crippen LogP contribution in [0.2, 0.25) is 18.1 Å². The molecule has 0 heterocycles. The van der Waals surface area contributed by atoms with Crippen LogP contribution in [0, 0.1) is 11.3 Å². The maximum atomic E-state index is 12.8. The molecule has 0 spiro atoms. The zero-order valence-corrected chi connectivity index (χ0v) is 18.0. The summed E-state index contributed by atoms with van der Waals surface area (Å²) in [6.07, 6.45) is 1.48. The average Bonchev–Trinajstić information content (AvgIpc) is 2.69. The van der Waals surface area contributed by atoms with Gasteiger partial charge in [0.1, 0.15) is 0 Å². The van der Waals surface area contributed by atoms with Gasteiger partial charge in [-0.3, -0.25) is 4.79 Å². The van der Waals surface area contributed by atoms with Crippen molar-refractivity contribution in [3.8, 4) is 0 Å². The minimum absolute atomic E-state index is 0.0221. The number of carbonyl (C=O) groups excluding carboxylic acids is 1. The maximum Gasteiger partial charge on any atom is 0.192 e. The Kier molecular flexibility index (Phi) is 5.51. The number of ketones is 1. The van der Waals surface area contributed by atoms with Crippen molar-refractivity contribution in [3.05, 3.63) is 48.0 Å². The summed E-state index contributed by atoms with van der Waals surface area (Å²) in [5.74, 6) is 0.296. The number of hydrogen-bond acceptors (Lipinski definition) is 2. The topological polar surface area (TPSA) is 26.3 Å². The van der Waals surface area contributed by atoms with Gasteiger partial charge in [0.05, 0.1) is 6.10 Å². The highest BCUT2D eigenvalue weighted by Gasteiger charge is 2.50. The Labute approximate surface area is 154 Å². The highest BCUT2D eigenvalue weighted by Crippen LogP contribution is 2.51. The fraction of sp³-hybridized carbons (Fsp3) is 0.591. The van der Waals surface area contributed by atoms with Gasteiger partial charge in [0.15, 0.2) is 14.1 Å². The van der Waals surface area contributed by atoms with E-state index in [-0.39, 0.29) is 28.3 Å². The molecule has 0 N–H and O–H groups in total. The Morgan fingerprint density at radius 2 is 1.80 bits per heavy atom. The van der Waals surface area contributed by atoms with Crippen LogP contribution in [0.5, 0.6) is 0 Å². The smallest absolute Gasteiger partial charge is 0.192 e. The van der Waals surface area contributed by atoms with Gasteiger partial charge in [0.2, 0.25) is 0 Å². The lowest BCUT2D eigenvalue weighted by atomic mass is 9.85. The molecule has 1 saturated carbocycles. The molecule has 2 atom stereocenters. The Morgan fingerprint density at radius 3 is 2.32 bits per heavy atom. The molecule has 1 fully saturated rings. The molecule has 1 aliphatic carbocycles. The summed E-state index contributed by atoms with van der Waals surface area (Å²) < 4.78 is 6.82. The van der Waals surface area contributed by atoms with E-state index < -0.39 is 8.32 Å². The van der Waals surface area contributed by atoms with Gasteiger partial charge in [-0.15, -0.1) is 0 Å². The fourth-order valence-electron chi connectivity index (χ4n) is 3.50. The normalized spacial score (nSPS) is 23.7. The second-order valence-corrected chi connectivity index (χ2v) is 14.5. The number of benzene rings is 1. The van der Waals surface area contributed by atoms with Crippen LogP contribution in [0.3, 0.4) is 0 Å². The van der Waals surface area contributed by atoms with Gasteiger partial charge in [-0.25, -0.2) is 0 Å². The molecule has 1 aromatic rings. The van der Waals surface area contributed by atoms with E-state index in [2.05, 4.69) is 54.3 Å². The predicted octanol–water partition coefficient (Wildman–Crippen LogP) is 6.25. The molecular weight excluding hydrogens is 324 g/mol. The fourth-order valence-corrected chi connectivity index (χ4v) is 4.98. The summed E-state index contributed by atoms with van der Waals surface area (Å²) in [6.45, 7) is 20.2. The first kappa shape index (κ1) is 20.1. The largest absolute Gasteiger partial charge is 0.413 e. The van der Waals surface area contributed by atoms with Crippen molar-refractivity contribution >= 4 is 14.1 Å². The molecule has 2 nitrogen and oxygen atoms in total.